The largest absolute Gasteiger partial charge is 0.496 e. The summed E-state index contributed by atoms with van der Waals surface area (Å²) in [6, 6.07) is 5.87. The summed E-state index contributed by atoms with van der Waals surface area (Å²) in [4.78, 5) is 4.53. The number of fused-ring (bicyclic) bond motifs is 1. The van der Waals surface area contributed by atoms with Gasteiger partial charge in [-0.25, -0.2) is 4.98 Å². The molecule has 0 bridgehead atoms. The number of nitriles is 1. The number of pyridine rings is 1. The molecule has 0 amide bonds. The molecule has 2 N–H and O–H groups in total. The van der Waals surface area contributed by atoms with Crippen molar-refractivity contribution in [2.75, 3.05) is 27.1 Å². The molecule has 0 aliphatic heterocycles. The second-order valence-corrected chi connectivity index (χ2v) is 6.71. The average Bonchev–Trinajstić information content (AvgIpc) is 2.71. The van der Waals surface area contributed by atoms with Crippen LogP contribution in [0.3, 0.4) is 0 Å². The maximum absolute atomic E-state index is 9.81. The lowest BCUT2D eigenvalue weighted by atomic mass is 9.80. The molecule has 27 heavy (non-hydrogen) atoms. The maximum atomic E-state index is 9.81. The minimum Gasteiger partial charge on any atom is -0.496 e. The van der Waals surface area contributed by atoms with Gasteiger partial charge in [0.1, 0.15) is 23.2 Å². The van der Waals surface area contributed by atoms with Gasteiger partial charge in [0.2, 0.25) is 0 Å². The number of hydrogen-bond donors (Lipinski definition) is 1. The van der Waals surface area contributed by atoms with Crippen LogP contribution in [0.2, 0.25) is 0 Å². The highest BCUT2D eigenvalue weighted by atomic mass is 16.5. The van der Waals surface area contributed by atoms with Crippen molar-refractivity contribution in [3.8, 4) is 34.4 Å². The van der Waals surface area contributed by atoms with Crippen molar-refractivity contribution < 1.29 is 14.2 Å². The molecule has 0 spiro atoms. The first kappa shape index (κ1) is 18.8. The molecule has 1 atom stereocenters. The molecular weight excluding hydrogens is 342 g/mol. The number of anilines is 1. The fourth-order valence-corrected chi connectivity index (χ4v) is 3.83. The Morgan fingerprint density at radius 1 is 1.15 bits per heavy atom. The molecule has 0 saturated carbocycles. The molecule has 2 aromatic rings. The highest BCUT2D eigenvalue weighted by molar-refractivity contribution is 5.84. The Balaban J connectivity index is 2.34. The normalized spacial score (nSPS) is 15.6. The quantitative estimate of drug-likeness (QED) is 0.866. The van der Waals surface area contributed by atoms with Crippen LogP contribution in [0.15, 0.2) is 12.1 Å². The van der Waals surface area contributed by atoms with Gasteiger partial charge in [0, 0.05) is 22.9 Å². The zero-order valence-corrected chi connectivity index (χ0v) is 16.3. The van der Waals surface area contributed by atoms with Crippen LogP contribution in [0.5, 0.6) is 17.2 Å². The molecule has 3 rings (SSSR count). The molecule has 1 aromatic heterocycles. The minimum atomic E-state index is 0.262. The standard InChI is InChI=1S/C21H25N3O3/c1-5-12-6-7-16-13(8-12)20(15(11-22)21(23)24-16)14-9-18(26-3)19(27-4)10-17(14)25-2/h9-10,12H,5-8H2,1-4H3,(H2,23,24). The first-order valence-corrected chi connectivity index (χ1v) is 9.09. The topological polar surface area (TPSA) is 90.4 Å². The van der Waals surface area contributed by atoms with Crippen LogP contribution in [0, 0.1) is 17.2 Å². The lowest BCUT2D eigenvalue weighted by Crippen LogP contribution is -2.18. The lowest BCUT2D eigenvalue weighted by Gasteiger charge is -2.27. The van der Waals surface area contributed by atoms with E-state index in [1.807, 2.05) is 6.07 Å². The number of nitrogens with two attached hydrogens (primary N) is 1. The molecule has 1 aliphatic rings. The number of methoxy groups -OCH3 is 3. The van der Waals surface area contributed by atoms with Crippen molar-refractivity contribution in [3.05, 3.63) is 29.0 Å². The predicted molar refractivity (Wildman–Crippen MR) is 104 cm³/mol. The van der Waals surface area contributed by atoms with E-state index in [-0.39, 0.29) is 5.82 Å². The number of nitrogens with zero attached hydrogens (tertiary/aromatic N) is 2. The molecule has 6 heteroatoms. The summed E-state index contributed by atoms with van der Waals surface area (Å²) >= 11 is 0. The molecule has 142 valence electrons. The third-order valence-corrected chi connectivity index (χ3v) is 5.36. The van der Waals surface area contributed by atoms with Gasteiger partial charge in [-0.15, -0.1) is 0 Å². The minimum absolute atomic E-state index is 0.262. The Bertz CT molecular complexity index is 903. The smallest absolute Gasteiger partial charge is 0.164 e. The van der Waals surface area contributed by atoms with E-state index in [0.717, 1.165) is 48.1 Å². The SMILES string of the molecule is CCC1CCc2nc(N)c(C#N)c(-c3cc(OC)c(OC)cc3OC)c2C1. The first-order chi connectivity index (χ1) is 13.1. The van der Waals surface area contributed by atoms with Crippen molar-refractivity contribution in [3.63, 3.8) is 0 Å². The number of ether oxygens (including phenoxy) is 3. The van der Waals surface area contributed by atoms with Crippen LogP contribution >= 0.6 is 0 Å². The van der Waals surface area contributed by atoms with Gasteiger partial charge in [-0.3, -0.25) is 0 Å². The van der Waals surface area contributed by atoms with E-state index in [1.54, 1.807) is 27.4 Å². The van der Waals surface area contributed by atoms with E-state index in [2.05, 4.69) is 18.0 Å². The van der Waals surface area contributed by atoms with Crippen molar-refractivity contribution >= 4 is 5.82 Å². The summed E-state index contributed by atoms with van der Waals surface area (Å²) in [7, 11) is 4.77. The summed E-state index contributed by atoms with van der Waals surface area (Å²) in [6.45, 7) is 2.20. The van der Waals surface area contributed by atoms with Gasteiger partial charge in [-0.05, 0) is 36.8 Å². The predicted octanol–water partition coefficient (Wildman–Crippen LogP) is 3.74. The third kappa shape index (κ3) is 3.25. The summed E-state index contributed by atoms with van der Waals surface area (Å²) in [5.74, 6) is 2.58. The van der Waals surface area contributed by atoms with Crippen LogP contribution in [0.25, 0.3) is 11.1 Å². The monoisotopic (exact) mass is 367 g/mol. The summed E-state index contributed by atoms with van der Waals surface area (Å²) in [5, 5.41) is 9.81. The van der Waals surface area contributed by atoms with E-state index in [4.69, 9.17) is 19.9 Å². The van der Waals surface area contributed by atoms with E-state index in [9.17, 15) is 5.26 Å². The van der Waals surface area contributed by atoms with E-state index in [1.165, 1.54) is 0 Å². The number of aromatic nitrogens is 1. The third-order valence-electron chi connectivity index (χ3n) is 5.36. The number of hydrogen-bond acceptors (Lipinski definition) is 6. The van der Waals surface area contributed by atoms with Crippen LogP contribution in [-0.4, -0.2) is 26.3 Å². The van der Waals surface area contributed by atoms with Crippen LogP contribution in [0.1, 0.15) is 36.6 Å². The second-order valence-electron chi connectivity index (χ2n) is 6.71. The molecule has 1 aliphatic carbocycles. The number of benzene rings is 1. The van der Waals surface area contributed by atoms with Gasteiger partial charge in [0.25, 0.3) is 0 Å². The van der Waals surface area contributed by atoms with Gasteiger partial charge in [0.15, 0.2) is 11.5 Å². The van der Waals surface area contributed by atoms with Crippen molar-refractivity contribution in [1.82, 2.24) is 4.98 Å². The average molecular weight is 367 g/mol. The zero-order valence-electron chi connectivity index (χ0n) is 16.3. The van der Waals surface area contributed by atoms with Crippen molar-refractivity contribution in [1.29, 1.82) is 5.26 Å². The summed E-state index contributed by atoms with van der Waals surface area (Å²) < 4.78 is 16.5. The molecule has 1 aromatic carbocycles. The fraction of sp³-hybridized carbons (Fsp3) is 0.429. The highest BCUT2D eigenvalue weighted by Crippen LogP contribution is 2.45. The Kier molecular flexibility index (Phi) is 5.41. The Morgan fingerprint density at radius 2 is 1.81 bits per heavy atom. The number of rotatable bonds is 5. The Morgan fingerprint density at radius 3 is 2.41 bits per heavy atom. The lowest BCUT2D eigenvalue weighted by molar-refractivity contribution is 0.349. The molecule has 1 heterocycles. The Hall–Kier alpha value is -2.94. The van der Waals surface area contributed by atoms with E-state index >= 15 is 0 Å². The van der Waals surface area contributed by atoms with Crippen LogP contribution in [-0.2, 0) is 12.8 Å². The van der Waals surface area contributed by atoms with Gasteiger partial charge in [-0.1, -0.05) is 13.3 Å². The summed E-state index contributed by atoms with van der Waals surface area (Å²) in [6.07, 6.45) is 3.92. The van der Waals surface area contributed by atoms with Crippen LogP contribution in [0.4, 0.5) is 5.82 Å². The molecule has 1 unspecified atom stereocenters. The molecule has 0 radical (unpaired) electrons. The van der Waals surface area contributed by atoms with E-state index < -0.39 is 0 Å². The van der Waals surface area contributed by atoms with Gasteiger partial charge >= 0.3 is 0 Å². The second kappa shape index (κ2) is 7.75. The van der Waals surface area contributed by atoms with Gasteiger partial charge < -0.3 is 19.9 Å². The van der Waals surface area contributed by atoms with E-state index in [0.29, 0.717) is 28.7 Å². The van der Waals surface area contributed by atoms with Gasteiger partial charge in [0.05, 0.1) is 21.3 Å². The van der Waals surface area contributed by atoms with Crippen molar-refractivity contribution in [2.45, 2.75) is 32.6 Å². The fourth-order valence-electron chi connectivity index (χ4n) is 3.83. The highest BCUT2D eigenvalue weighted by Gasteiger charge is 2.28. The number of aryl methyl sites for hydroxylation is 1. The molecule has 0 fully saturated rings. The molecule has 0 saturated heterocycles. The zero-order chi connectivity index (χ0) is 19.6. The molecular formula is C21H25N3O3. The first-order valence-electron chi connectivity index (χ1n) is 9.09. The Labute approximate surface area is 159 Å². The van der Waals surface area contributed by atoms with Crippen LogP contribution < -0.4 is 19.9 Å². The van der Waals surface area contributed by atoms with Gasteiger partial charge in [-0.2, -0.15) is 5.26 Å². The summed E-state index contributed by atoms with van der Waals surface area (Å²) in [5.41, 5.74) is 10.2. The number of nitrogen functional groups attached to an aromatic ring is 1. The maximum Gasteiger partial charge on any atom is 0.164 e. The van der Waals surface area contributed by atoms with Crippen molar-refractivity contribution in [2.24, 2.45) is 5.92 Å². The molecule has 6 nitrogen and oxygen atoms in total.